The number of benzene rings is 2. The van der Waals surface area contributed by atoms with Gasteiger partial charge in [-0.3, -0.25) is 5.43 Å². The van der Waals surface area contributed by atoms with Crippen LogP contribution in [0.15, 0.2) is 59.7 Å². The minimum Gasteiger partial charge on any atom is -0.488 e. The highest BCUT2D eigenvalue weighted by atomic mass is 32.1. The van der Waals surface area contributed by atoms with Gasteiger partial charge in [-0.25, -0.2) is 9.78 Å². The second kappa shape index (κ2) is 9.66. The van der Waals surface area contributed by atoms with Gasteiger partial charge in [-0.1, -0.05) is 53.8 Å². The number of thiazole rings is 1. The number of hydrazone groups is 1. The first-order chi connectivity index (χ1) is 13.7. The first-order valence-electron chi connectivity index (χ1n) is 8.86. The molecule has 1 heterocycles. The van der Waals surface area contributed by atoms with Crippen molar-refractivity contribution in [2.75, 3.05) is 12.0 Å². The standard InChI is InChI=1S/C21H21N3O3S/c1-3-26-20(25)19-15(2)23-21(28-19)24-22-13-17-11-7-8-12-18(17)27-14-16-9-5-4-6-10-16/h4-13H,3,14H2,1-2H3,(H,23,24)/b22-13+. The molecule has 28 heavy (non-hydrogen) atoms. The summed E-state index contributed by atoms with van der Waals surface area (Å²) in [6, 6.07) is 17.6. The first kappa shape index (κ1) is 19.6. The highest BCUT2D eigenvalue weighted by Crippen LogP contribution is 2.23. The molecule has 0 radical (unpaired) electrons. The van der Waals surface area contributed by atoms with E-state index in [-0.39, 0.29) is 5.97 Å². The summed E-state index contributed by atoms with van der Waals surface area (Å²) in [6.45, 7) is 4.35. The summed E-state index contributed by atoms with van der Waals surface area (Å²) in [5.41, 5.74) is 5.42. The van der Waals surface area contributed by atoms with Gasteiger partial charge in [0.05, 0.1) is 18.5 Å². The third kappa shape index (κ3) is 5.17. The molecule has 0 saturated heterocycles. The summed E-state index contributed by atoms with van der Waals surface area (Å²) in [5, 5.41) is 4.76. The Morgan fingerprint density at radius 3 is 2.71 bits per heavy atom. The molecule has 0 bridgehead atoms. The fraction of sp³-hybridized carbons (Fsp3) is 0.190. The lowest BCUT2D eigenvalue weighted by atomic mass is 10.2. The minimum absolute atomic E-state index is 0.330. The summed E-state index contributed by atoms with van der Waals surface area (Å²) in [5.74, 6) is 0.369. The van der Waals surface area contributed by atoms with Crippen LogP contribution >= 0.6 is 11.3 Å². The monoisotopic (exact) mass is 395 g/mol. The Hall–Kier alpha value is -3.19. The average Bonchev–Trinajstić information content (AvgIpc) is 3.09. The van der Waals surface area contributed by atoms with Crippen LogP contribution in [0.3, 0.4) is 0 Å². The van der Waals surface area contributed by atoms with Crippen molar-refractivity contribution >= 4 is 28.7 Å². The Labute approximate surface area is 167 Å². The van der Waals surface area contributed by atoms with Gasteiger partial charge in [0, 0.05) is 5.56 Å². The summed E-state index contributed by atoms with van der Waals surface area (Å²) in [7, 11) is 0. The molecular weight excluding hydrogens is 374 g/mol. The van der Waals surface area contributed by atoms with Crippen molar-refractivity contribution in [2.24, 2.45) is 5.10 Å². The number of aromatic nitrogens is 1. The summed E-state index contributed by atoms with van der Waals surface area (Å²) in [4.78, 5) is 16.7. The largest absolute Gasteiger partial charge is 0.488 e. The van der Waals surface area contributed by atoms with E-state index in [0.717, 1.165) is 16.9 Å². The zero-order valence-corrected chi connectivity index (χ0v) is 16.5. The van der Waals surface area contributed by atoms with E-state index in [9.17, 15) is 4.79 Å². The Morgan fingerprint density at radius 2 is 1.93 bits per heavy atom. The highest BCUT2D eigenvalue weighted by Gasteiger charge is 2.15. The maximum Gasteiger partial charge on any atom is 0.350 e. The van der Waals surface area contributed by atoms with Gasteiger partial charge in [0.2, 0.25) is 5.13 Å². The van der Waals surface area contributed by atoms with Gasteiger partial charge in [-0.15, -0.1) is 0 Å². The lowest BCUT2D eigenvalue weighted by molar-refractivity contribution is 0.0531. The second-order valence-corrected chi connectivity index (χ2v) is 6.84. The van der Waals surface area contributed by atoms with Crippen molar-refractivity contribution in [3.63, 3.8) is 0 Å². The molecular formula is C21H21N3O3S. The van der Waals surface area contributed by atoms with Gasteiger partial charge in [-0.05, 0) is 31.5 Å². The van der Waals surface area contributed by atoms with Gasteiger partial charge in [-0.2, -0.15) is 5.10 Å². The number of esters is 1. The Balaban J connectivity index is 1.65. The molecule has 0 aliphatic heterocycles. The third-order valence-corrected chi connectivity index (χ3v) is 4.82. The number of para-hydroxylation sites is 1. The molecule has 6 nitrogen and oxygen atoms in total. The van der Waals surface area contributed by atoms with Crippen molar-refractivity contribution in [3.8, 4) is 5.75 Å². The number of carbonyl (C=O) groups excluding carboxylic acids is 1. The normalized spacial score (nSPS) is 10.8. The van der Waals surface area contributed by atoms with Crippen LogP contribution in [0.2, 0.25) is 0 Å². The topological polar surface area (TPSA) is 72.8 Å². The summed E-state index contributed by atoms with van der Waals surface area (Å²) < 4.78 is 10.9. The molecule has 1 N–H and O–H groups in total. The molecule has 144 valence electrons. The third-order valence-electron chi connectivity index (χ3n) is 3.78. The van der Waals surface area contributed by atoms with E-state index < -0.39 is 0 Å². The van der Waals surface area contributed by atoms with Crippen molar-refractivity contribution in [3.05, 3.63) is 76.3 Å². The molecule has 1 aromatic heterocycles. The smallest absolute Gasteiger partial charge is 0.350 e. The van der Waals surface area contributed by atoms with E-state index in [2.05, 4.69) is 15.5 Å². The van der Waals surface area contributed by atoms with Crippen molar-refractivity contribution in [1.82, 2.24) is 4.98 Å². The molecule has 3 rings (SSSR count). The highest BCUT2D eigenvalue weighted by molar-refractivity contribution is 7.17. The summed E-state index contributed by atoms with van der Waals surface area (Å²) >= 11 is 1.21. The predicted octanol–water partition coefficient (Wildman–Crippen LogP) is 4.65. The van der Waals surface area contributed by atoms with E-state index in [1.807, 2.05) is 54.6 Å². The summed E-state index contributed by atoms with van der Waals surface area (Å²) in [6.07, 6.45) is 1.67. The number of anilines is 1. The molecule has 7 heteroatoms. The van der Waals surface area contributed by atoms with Crippen LogP contribution in [-0.2, 0) is 11.3 Å². The van der Waals surface area contributed by atoms with Crippen LogP contribution in [0, 0.1) is 6.92 Å². The molecule has 0 aliphatic rings. The van der Waals surface area contributed by atoms with Crippen LogP contribution in [0.5, 0.6) is 5.75 Å². The zero-order valence-electron chi connectivity index (χ0n) is 15.7. The van der Waals surface area contributed by atoms with E-state index in [4.69, 9.17) is 9.47 Å². The number of nitrogens with one attached hydrogen (secondary N) is 1. The number of aryl methyl sites for hydroxylation is 1. The Kier molecular flexibility index (Phi) is 6.75. The first-order valence-corrected chi connectivity index (χ1v) is 9.68. The maximum absolute atomic E-state index is 11.9. The van der Waals surface area contributed by atoms with E-state index in [0.29, 0.717) is 28.9 Å². The molecule has 0 atom stereocenters. The number of carbonyl (C=O) groups is 1. The van der Waals surface area contributed by atoms with Crippen LogP contribution < -0.4 is 10.2 Å². The van der Waals surface area contributed by atoms with Crippen LogP contribution in [0.1, 0.15) is 33.4 Å². The lowest BCUT2D eigenvalue weighted by Gasteiger charge is -2.08. The number of ether oxygens (including phenoxy) is 2. The van der Waals surface area contributed by atoms with Crippen LogP contribution in [0.4, 0.5) is 5.13 Å². The van der Waals surface area contributed by atoms with Gasteiger partial charge in [0.15, 0.2) is 0 Å². The predicted molar refractivity (Wildman–Crippen MR) is 111 cm³/mol. The molecule has 2 aromatic carbocycles. The van der Waals surface area contributed by atoms with Crippen LogP contribution in [-0.4, -0.2) is 23.8 Å². The fourth-order valence-corrected chi connectivity index (χ4v) is 3.25. The van der Waals surface area contributed by atoms with E-state index in [1.165, 1.54) is 11.3 Å². The Bertz CT molecular complexity index is 955. The Morgan fingerprint density at radius 1 is 1.18 bits per heavy atom. The molecule has 0 saturated carbocycles. The SMILES string of the molecule is CCOC(=O)c1sc(N/N=C/c2ccccc2OCc2ccccc2)nc1C. The molecule has 0 spiro atoms. The molecule has 0 amide bonds. The quantitative estimate of drug-likeness (QED) is 0.341. The molecule has 0 unspecified atom stereocenters. The average molecular weight is 395 g/mol. The van der Waals surface area contributed by atoms with Gasteiger partial charge in [0.25, 0.3) is 0 Å². The molecule has 3 aromatic rings. The number of nitrogens with zero attached hydrogens (tertiary/aromatic N) is 2. The van der Waals surface area contributed by atoms with Gasteiger partial charge < -0.3 is 9.47 Å². The van der Waals surface area contributed by atoms with Gasteiger partial charge >= 0.3 is 5.97 Å². The number of rotatable bonds is 8. The maximum atomic E-state index is 11.9. The van der Waals surface area contributed by atoms with E-state index in [1.54, 1.807) is 20.1 Å². The minimum atomic E-state index is -0.366. The number of hydrogen-bond donors (Lipinski definition) is 1. The van der Waals surface area contributed by atoms with E-state index >= 15 is 0 Å². The second-order valence-electron chi connectivity index (χ2n) is 5.84. The lowest BCUT2D eigenvalue weighted by Crippen LogP contribution is -2.03. The molecule has 0 fully saturated rings. The van der Waals surface area contributed by atoms with Crippen molar-refractivity contribution in [2.45, 2.75) is 20.5 Å². The number of hydrogen-bond acceptors (Lipinski definition) is 7. The fourth-order valence-electron chi connectivity index (χ4n) is 2.44. The van der Waals surface area contributed by atoms with Crippen molar-refractivity contribution in [1.29, 1.82) is 0 Å². The zero-order chi connectivity index (χ0) is 19.8. The van der Waals surface area contributed by atoms with Gasteiger partial charge in [0.1, 0.15) is 17.2 Å². The molecule has 0 aliphatic carbocycles. The van der Waals surface area contributed by atoms with Crippen LogP contribution in [0.25, 0.3) is 0 Å². The van der Waals surface area contributed by atoms with Crippen molar-refractivity contribution < 1.29 is 14.3 Å².